The van der Waals surface area contributed by atoms with Crippen LogP contribution < -0.4 is 0 Å². The fourth-order valence-electron chi connectivity index (χ4n) is 10.4. The van der Waals surface area contributed by atoms with E-state index in [0.717, 1.165) is 54.8 Å². The third-order valence-electron chi connectivity index (χ3n) is 12.8. The van der Waals surface area contributed by atoms with Gasteiger partial charge in [-0.15, -0.1) is 0 Å². The van der Waals surface area contributed by atoms with Gasteiger partial charge in [-0.1, -0.05) is 117 Å². The van der Waals surface area contributed by atoms with Crippen molar-refractivity contribution in [2.24, 2.45) is 46.3 Å². The molecule has 0 unspecified atom stereocenters. The molecule has 0 aliphatic heterocycles. The molecule has 0 radical (unpaired) electrons. The summed E-state index contributed by atoms with van der Waals surface area (Å²) in [6, 6.07) is 0. The Hall–Kier alpha value is -0.790. The second-order valence-corrected chi connectivity index (χ2v) is 15.9. The summed E-state index contributed by atoms with van der Waals surface area (Å²) in [5.41, 5.74) is 2.54. The van der Waals surface area contributed by atoms with E-state index in [1.165, 1.54) is 103 Å². The van der Waals surface area contributed by atoms with Gasteiger partial charge in [0.2, 0.25) is 0 Å². The van der Waals surface area contributed by atoms with Gasteiger partial charge >= 0.3 is 5.97 Å². The smallest absolute Gasteiger partial charge is 0.306 e. The maximum Gasteiger partial charge on any atom is 0.306 e. The van der Waals surface area contributed by atoms with Crippen LogP contribution in [0.15, 0.2) is 11.6 Å². The van der Waals surface area contributed by atoms with Crippen molar-refractivity contribution in [3.05, 3.63) is 11.6 Å². The first-order chi connectivity index (χ1) is 19.2. The molecule has 0 spiro atoms. The molecule has 0 heterocycles. The van der Waals surface area contributed by atoms with E-state index in [4.69, 9.17) is 4.74 Å². The van der Waals surface area contributed by atoms with E-state index in [1.54, 1.807) is 5.57 Å². The molecule has 0 saturated heterocycles. The quantitative estimate of drug-likeness (QED) is 0.114. The third kappa shape index (κ3) is 7.40. The SMILES string of the molecule is CCCCCCCCCCC(=O)O[C@H]1CC[C@@]2(C)C(=CC[C@H]3[C@@H]4CC[C@H]([C@H](C)CCCC(C)C)[C@@]4(C)CC[C@@H]32)C1. The van der Waals surface area contributed by atoms with Crippen molar-refractivity contribution >= 4 is 5.97 Å². The van der Waals surface area contributed by atoms with Crippen LogP contribution in [-0.2, 0) is 9.53 Å². The Balaban J connectivity index is 1.26. The largest absolute Gasteiger partial charge is 0.462 e. The van der Waals surface area contributed by atoms with E-state index in [2.05, 4.69) is 47.6 Å². The first-order valence-corrected chi connectivity index (χ1v) is 18.1. The Labute approximate surface area is 249 Å². The predicted octanol–water partition coefficient (Wildman–Crippen LogP) is 11.5. The van der Waals surface area contributed by atoms with E-state index in [-0.39, 0.29) is 12.1 Å². The molecule has 0 aromatic rings. The maximum absolute atomic E-state index is 12.7. The molecule has 3 fully saturated rings. The molecular weight excluding hydrogens is 488 g/mol. The second-order valence-electron chi connectivity index (χ2n) is 15.9. The van der Waals surface area contributed by atoms with Gasteiger partial charge in [0.25, 0.3) is 0 Å². The van der Waals surface area contributed by atoms with Crippen molar-refractivity contribution < 1.29 is 9.53 Å². The number of hydrogen-bond acceptors (Lipinski definition) is 2. The molecule has 0 aromatic carbocycles. The monoisotopic (exact) mass is 555 g/mol. The van der Waals surface area contributed by atoms with E-state index in [0.29, 0.717) is 17.3 Å². The van der Waals surface area contributed by atoms with Crippen LogP contribution in [0, 0.1) is 46.3 Å². The van der Waals surface area contributed by atoms with Crippen molar-refractivity contribution in [2.75, 3.05) is 0 Å². The molecule has 2 heteroatoms. The van der Waals surface area contributed by atoms with Crippen LogP contribution in [0.1, 0.15) is 170 Å². The second kappa shape index (κ2) is 14.6. The minimum Gasteiger partial charge on any atom is -0.462 e. The van der Waals surface area contributed by atoms with Gasteiger partial charge in [0.15, 0.2) is 0 Å². The van der Waals surface area contributed by atoms with Gasteiger partial charge in [0, 0.05) is 12.8 Å². The fourth-order valence-corrected chi connectivity index (χ4v) is 10.4. The lowest BCUT2D eigenvalue weighted by Crippen LogP contribution is -2.51. The molecule has 0 aromatic heterocycles. The van der Waals surface area contributed by atoms with Gasteiger partial charge in [-0.2, -0.15) is 0 Å². The van der Waals surface area contributed by atoms with Crippen molar-refractivity contribution in [1.29, 1.82) is 0 Å². The topological polar surface area (TPSA) is 26.3 Å². The average Bonchev–Trinajstić information content (AvgIpc) is 3.27. The summed E-state index contributed by atoms with van der Waals surface area (Å²) in [7, 11) is 0. The highest BCUT2D eigenvalue weighted by Crippen LogP contribution is 2.67. The number of hydrogen-bond donors (Lipinski definition) is 0. The lowest BCUT2D eigenvalue weighted by atomic mass is 9.47. The third-order valence-corrected chi connectivity index (χ3v) is 12.8. The molecular formula is C38H66O2. The summed E-state index contributed by atoms with van der Waals surface area (Å²) < 4.78 is 6.07. The summed E-state index contributed by atoms with van der Waals surface area (Å²) in [6.45, 7) is 14.9. The lowest BCUT2D eigenvalue weighted by Gasteiger charge is -2.58. The average molecular weight is 555 g/mol. The molecule has 0 bridgehead atoms. The van der Waals surface area contributed by atoms with Crippen LogP contribution in [0.5, 0.6) is 0 Å². The van der Waals surface area contributed by atoms with Gasteiger partial charge in [0.1, 0.15) is 6.10 Å². The molecule has 0 amide bonds. The lowest BCUT2D eigenvalue weighted by molar-refractivity contribution is -0.151. The first kappa shape index (κ1) is 32.1. The number of allylic oxidation sites excluding steroid dienone is 1. The van der Waals surface area contributed by atoms with Crippen LogP contribution in [0.4, 0.5) is 0 Å². The zero-order valence-electron chi connectivity index (χ0n) is 27.6. The fraction of sp³-hybridized carbons (Fsp3) is 0.921. The van der Waals surface area contributed by atoms with Crippen molar-refractivity contribution in [3.8, 4) is 0 Å². The Morgan fingerprint density at radius 3 is 2.33 bits per heavy atom. The Bertz CT molecular complexity index is 827. The van der Waals surface area contributed by atoms with Gasteiger partial charge in [-0.05, 0) is 97.7 Å². The van der Waals surface area contributed by atoms with Gasteiger partial charge in [-0.3, -0.25) is 4.79 Å². The molecule has 230 valence electrons. The Morgan fingerprint density at radius 1 is 0.875 bits per heavy atom. The molecule has 4 aliphatic carbocycles. The van der Waals surface area contributed by atoms with Crippen molar-refractivity contribution in [2.45, 2.75) is 176 Å². The van der Waals surface area contributed by atoms with Gasteiger partial charge in [0.05, 0.1) is 0 Å². The zero-order chi connectivity index (χ0) is 28.8. The van der Waals surface area contributed by atoms with Crippen LogP contribution in [0.25, 0.3) is 0 Å². The number of rotatable bonds is 15. The van der Waals surface area contributed by atoms with Crippen LogP contribution >= 0.6 is 0 Å². The molecule has 4 aliphatic rings. The summed E-state index contributed by atoms with van der Waals surface area (Å²) >= 11 is 0. The van der Waals surface area contributed by atoms with E-state index in [1.807, 2.05) is 0 Å². The molecule has 40 heavy (non-hydrogen) atoms. The maximum atomic E-state index is 12.7. The first-order valence-electron chi connectivity index (χ1n) is 18.1. The zero-order valence-corrected chi connectivity index (χ0v) is 27.6. The summed E-state index contributed by atoms with van der Waals surface area (Å²) in [4.78, 5) is 12.7. The summed E-state index contributed by atoms with van der Waals surface area (Å²) in [5, 5.41) is 0. The van der Waals surface area contributed by atoms with Gasteiger partial charge in [-0.25, -0.2) is 0 Å². The number of unbranched alkanes of at least 4 members (excludes halogenated alkanes) is 7. The number of ether oxygens (including phenoxy) is 1. The van der Waals surface area contributed by atoms with E-state index < -0.39 is 0 Å². The molecule has 8 atom stereocenters. The molecule has 4 rings (SSSR count). The highest BCUT2D eigenvalue weighted by molar-refractivity contribution is 5.69. The number of fused-ring (bicyclic) bond motifs is 5. The minimum absolute atomic E-state index is 0.0572. The Morgan fingerprint density at radius 2 is 1.60 bits per heavy atom. The highest BCUT2D eigenvalue weighted by Gasteiger charge is 2.59. The molecule has 3 saturated carbocycles. The normalized spacial score (nSPS) is 36.0. The minimum atomic E-state index is 0.0572. The van der Waals surface area contributed by atoms with E-state index >= 15 is 0 Å². The highest BCUT2D eigenvalue weighted by atomic mass is 16.5. The number of esters is 1. The number of carbonyl (C=O) groups is 1. The molecule has 0 N–H and O–H groups in total. The van der Waals surface area contributed by atoms with Crippen molar-refractivity contribution in [3.63, 3.8) is 0 Å². The van der Waals surface area contributed by atoms with Gasteiger partial charge < -0.3 is 4.74 Å². The van der Waals surface area contributed by atoms with E-state index in [9.17, 15) is 4.79 Å². The summed E-state index contributed by atoms with van der Waals surface area (Å²) in [6.07, 6.45) is 28.1. The van der Waals surface area contributed by atoms with Crippen molar-refractivity contribution in [1.82, 2.24) is 0 Å². The Kier molecular flexibility index (Phi) is 11.7. The molecule has 2 nitrogen and oxygen atoms in total. The predicted molar refractivity (Wildman–Crippen MR) is 170 cm³/mol. The number of carbonyl (C=O) groups excluding carboxylic acids is 1. The van der Waals surface area contributed by atoms with Crippen LogP contribution in [0.2, 0.25) is 0 Å². The van der Waals surface area contributed by atoms with Crippen LogP contribution in [-0.4, -0.2) is 12.1 Å². The standard InChI is InChI=1S/C38H66O2/c1-7-8-9-10-11-12-13-14-18-36(39)40-31-23-25-37(5)30(27-31)19-20-32-34-22-21-33(29(4)17-15-16-28(2)3)38(34,6)26-24-35(32)37/h19,28-29,31-35H,7-18,20-27H2,1-6H3/t29-,31+,32+,33-,34+,35+,37+,38-/m1/s1. The van der Waals surface area contributed by atoms with Crippen LogP contribution in [0.3, 0.4) is 0 Å². The summed E-state index contributed by atoms with van der Waals surface area (Å²) in [5.74, 6) is 5.34.